The van der Waals surface area contributed by atoms with E-state index >= 15 is 0 Å². The van der Waals surface area contributed by atoms with Gasteiger partial charge < -0.3 is 10.6 Å². The highest BCUT2D eigenvalue weighted by atomic mass is 19.1. The van der Waals surface area contributed by atoms with Crippen molar-refractivity contribution in [3.63, 3.8) is 0 Å². The molecule has 2 N–H and O–H groups in total. The summed E-state index contributed by atoms with van der Waals surface area (Å²) in [5.74, 6) is 0.226. The van der Waals surface area contributed by atoms with Gasteiger partial charge in [-0.15, -0.1) is 5.10 Å². The highest BCUT2D eigenvalue weighted by Crippen LogP contribution is 2.36. The molecule has 0 atom stereocenters. The van der Waals surface area contributed by atoms with E-state index in [0.717, 1.165) is 25.7 Å². The van der Waals surface area contributed by atoms with Crippen LogP contribution in [0.3, 0.4) is 0 Å². The molecule has 0 aliphatic heterocycles. The van der Waals surface area contributed by atoms with Crippen molar-refractivity contribution in [3.05, 3.63) is 40.6 Å². The largest absolute Gasteiger partial charge is 0.346 e. The van der Waals surface area contributed by atoms with Crippen LogP contribution in [0.2, 0.25) is 0 Å². The van der Waals surface area contributed by atoms with Crippen LogP contribution in [0.15, 0.2) is 29.1 Å². The molecule has 2 aliphatic carbocycles. The molecule has 0 spiro atoms. The fourth-order valence-corrected chi connectivity index (χ4v) is 2.76. The van der Waals surface area contributed by atoms with Gasteiger partial charge in [-0.05, 0) is 49.9 Å². The number of hydrogen-bond acceptors (Lipinski definition) is 3. The van der Waals surface area contributed by atoms with E-state index in [1.54, 1.807) is 16.7 Å². The molecule has 1 aromatic carbocycles. The first-order valence-corrected chi connectivity index (χ1v) is 8.61. The first-order valence-electron chi connectivity index (χ1n) is 8.61. The second-order valence-electron chi connectivity index (χ2n) is 6.61. The third kappa shape index (κ3) is 3.57. The van der Waals surface area contributed by atoms with E-state index in [-0.39, 0.29) is 23.6 Å². The molecule has 0 saturated heterocycles. The minimum Gasteiger partial charge on any atom is -0.336 e. The highest BCUT2D eigenvalue weighted by Gasteiger charge is 2.30. The normalized spacial score (nSPS) is 16.7. The van der Waals surface area contributed by atoms with Gasteiger partial charge in [0.15, 0.2) is 5.82 Å². The Morgan fingerprint density at radius 2 is 1.92 bits per heavy atom. The molecule has 2 saturated carbocycles. The van der Waals surface area contributed by atoms with Gasteiger partial charge in [0.05, 0.1) is 6.54 Å². The quantitative estimate of drug-likeness (QED) is 0.835. The summed E-state index contributed by atoms with van der Waals surface area (Å²) in [4.78, 5) is 24.3. The maximum Gasteiger partial charge on any atom is 0.346 e. The minimum atomic E-state index is -0.325. The van der Waals surface area contributed by atoms with Crippen LogP contribution in [0.4, 0.5) is 9.18 Å². The lowest BCUT2D eigenvalue weighted by Crippen LogP contribution is -2.39. The molecule has 7 nitrogen and oxygen atoms in total. The molecule has 0 unspecified atom stereocenters. The molecule has 8 heteroatoms. The van der Waals surface area contributed by atoms with Crippen molar-refractivity contribution in [2.75, 3.05) is 6.54 Å². The van der Waals surface area contributed by atoms with Crippen LogP contribution in [0.1, 0.15) is 31.7 Å². The summed E-state index contributed by atoms with van der Waals surface area (Å²) < 4.78 is 16.2. The monoisotopic (exact) mass is 345 g/mol. The first-order chi connectivity index (χ1) is 12.1. The molecule has 0 radical (unpaired) electrons. The number of rotatable bonds is 6. The highest BCUT2D eigenvalue weighted by molar-refractivity contribution is 5.74. The number of hydrogen-bond donors (Lipinski definition) is 2. The molecule has 0 bridgehead atoms. The molecule has 2 aromatic rings. The predicted molar refractivity (Wildman–Crippen MR) is 89.7 cm³/mol. The van der Waals surface area contributed by atoms with Gasteiger partial charge >= 0.3 is 11.7 Å². The Hall–Kier alpha value is -2.64. The van der Waals surface area contributed by atoms with Crippen LogP contribution in [0, 0.1) is 5.82 Å². The first kappa shape index (κ1) is 15.9. The number of urea groups is 1. The molecule has 1 aromatic heterocycles. The predicted octanol–water partition coefficient (Wildman–Crippen LogP) is 1.65. The Morgan fingerprint density at radius 1 is 1.20 bits per heavy atom. The van der Waals surface area contributed by atoms with Crippen molar-refractivity contribution in [1.29, 1.82) is 0 Å². The lowest BCUT2D eigenvalue weighted by Gasteiger charge is -2.05. The van der Waals surface area contributed by atoms with Gasteiger partial charge in [0.1, 0.15) is 5.82 Å². The fraction of sp³-hybridized carbons (Fsp3) is 0.471. The summed E-state index contributed by atoms with van der Waals surface area (Å²) >= 11 is 0. The lowest BCUT2D eigenvalue weighted by atomic mass is 10.2. The van der Waals surface area contributed by atoms with E-state index in [2.05, 4.69) is 15.7 Å². The second kappa shape index (κ2) is 6.34. The number of amides is 2. The SMILES string of the molecule is O=C(NCCn1nc(-c2ccc(F)cc2)n(C2CC2)c1=O)NC1CC1. The van der Waals surface area contributed by atoms with Crippen LogP contribution >= 0.6 is 0 Å². The zero-order valence-corrected chi connectivity index (χ0v) is 13.7. The molecule has 25 heavy (non-hydrogen) atoms. The van der Waals surface area contributed by atoms with Gasteiger partial charge in [-0.3, -0.25) is 4.57 Å². The molecule has 132 valence electrons. The zero-order valence-electron chi connectivity index (χ0n) is 13.7. The zero-order chi connectivity index (χ0) is 17.4. The summed E-state index contributed by atoms with van der Waals surface area (Å²) in [6.45, 7) is 0.619. The third-order valence-electron chi connectivity index (χ3n) is 4.41. The topological polar surface area (TPSA) is 81.0 Å². The minimum absolute atomic E-state index is 0.160. The van der Waals surface area contributed by atoms with E-state index in [1.165, 1.54) is 16.8 Å². The van der Waals surface area contributed by atoms with E-state index in [1.807, 2.05) is 0 Å². The van der Waals surface area contributed by atoms with Gasteiger partial charge in [-0.25, -0.2) is 18.7 Å². The molecule has 2 fully saturated rings. The Labute approximate surface area is 143 Å². The van der Waals surface area contributed by atoms with Gasteiger partial charge in [-0.1, -0.05) is 0 Å². The number of halogens is 1. The van der Waals surface area contributed by atoms with E-state index in [0.29, 0.717) is 30.5 Å². The van der Waals surface area contributed by atoms with E-state index in [9.17, 15) is 14.0 Å². The van der Waals surface area contributed by atoms with E-state index in [4.69, 9.17) is 0 Å². The van der Waals surface area contributed by atoms with Gasteiger partial charge in [0.25, 0.3) is 0 Å². The van der Waals surface area contributed by atoms with Crippen LogP contribution in [-0.4, -0.2) is 33.0 Å². The van der Waals surface area contributed by atoms with Crippen molar-refractivity contribution < 1.29 is 9.18 Å². The van der Waals surface area contributed by atoms with Crippen LogP contribution in [0.25, 0.3) is 11.4 Å². The number of nitrogens with one attached hydrogen (secondary N) is 2. The Kier molecular flexibility index (Phi) is 4.03. The number of nitrogens with zero attached hydrogens (tertiary/aromatic N) is 3. The van der Waals surface area contributed by atoms with Crippen LogP contribution < -0.4 is 16.3 Å². The van der Waals surface area contributed by atoms with Gasteiger partial charge in [-0.2, -0.15) is 0 Å². The third-order valence-corrected chi connectivity index (χ3v) is 4.41. The summed E-state index contributed by atoms with van der Waals surface area (Å²) in [6, 6.07) is 6.22. The van der Waals surface area contributed by atoms with Crippen molar-refractivity contribution in [2.45, 2.75) is 44.3 Å². The molecule has 4 rings (SSSR count). The summed E-state index contributed by atoms with van der Waals surface area (Å²) in [7, 11) is 0. The molecular weight excluding hydrogens is 325 g/mol. The molecule has 2 aliphatic rings. The van der Waals surface area contributed by atoms with Crippen molar-refractivity contribution in [3.8, 4) is 11.4 Å². The Balaban J connectivity index is 1.50. The smallest absolute Gasteiger partial charge is 0.336 e. The number of carbonyl (C=O) groups is 1. The van der Waals surface area contributed by atoms with Gasteiger partial charge in [0, 0.05) is 24.2 Å². The molecule has 1 heterocycles. The average Bonchev–Trinajstić information content (AvgIpc) is 3.50. The Morgan fingerprint density at radius 3 is 2.56 bits per heavy atom. The maximum atomic E-state index is 13.2. The summed E-state index contributed by atoms with van der Waals surface area (Å²) in [6.07, 6.45) is 3.95. The Bertz CT molecular complexity index is 834. The fourth-order valence-electron chi connectivity index (χ4n) is 2.76. The maximum absolute atomic E-state index is 13.2. The van der Waals surface area contributed by atoms with Crippen molar-refractivity contribution in [2.24, 2.45) is 0 Å². The van der Waals surface area contributed by atoms with Crippen LogP contribution in [-0.2, 0) is 6.54 Å². The second-order valence-corrected chi connectivity index (χ2v) is 6.61. The molecular formula is C17H20FN5O2. The summed E-state index contributed by atoms with van der Waals surface area (Å²) in [5, 5.41) is 9.99. The lowest BCUT2D eigenvalue weighted by molar-refractivity contribution is 0.240. The van der Waals surface area contributed by atoms with Gasteiger partial charge in [0.2, 0.25) is 0 Å². The molecule has 2 amide bonds. The van der Waals surface area contributed by atoms with Crippen LogP contribution in [0.5, 0.6) is 0 Å². The number of aromatic nitrogens is 3. The van der Waals surface area contributed by atoms with E-state index < -0.39 is 0 Å². The number of benzene rings is 1. The van der Waals surface area contributed by atoms with Crippen molar-refractivity contribution >= 4 is 6.03 Å². The van der Waals surface area contributed by atoms with Crippen molar-refractivity contribution in [1.82, 2.24) is 25.0 Å². The number of carbonyl (C=O) groups excluding carboxylic acids is 1. The standard InChI is InChI=1S/C17H20FN5O2/c18-12-3-1-11(2-4-12)15-21-22(17(25)23(15)14-7-8-14)10-9-19-16(24)20-13-5-6-13/h1-4,13-14H,5-10H2,(H2,19,20,24). The summed E-state index contributed by atoms with van der Waals surface area (Å²) in [5.41, 5.74) is 0.523. The average molecular weight is 345 g/mol.